The van der Waals surface area contributed by atoms with E-state index in [1.54, 1.807) is 0 Å². The molecule has 1 aliphatic rings. The molecular formula is C17H11F4N3O3S. The summed E-state index contributed by atoms with van der Waals surface area (Å²) >= 11 is 0. The van der Waals surface area contributed by atoms with Crippen LogP contribution in [0.25, 0.3) is 16.9 Å². The number of aromatic nitrogens is 2. The highest BCUT2D eigenvalue weighted by Gasteiger charge is 2.41. The maximum absolute atomic E-state index is 14.1. The molecule has 28 heavy (non-hydrogen) atoms. The van der Waals surface area contributed by atoms with Gasteiger partial charge < -0.3 is 4.74 Å². The maximum Gasteiger partial charge on any atom is 0.435 e. The number of hydrogen-bond donors (Lipinski definition) is 1. The molecular weight excluding hydrogens is 402 g/mol. The second-order valence-electron chi connectivity index (χ2n) is 6.03. The molecule has 0 saturated carbocycles. The molecule has 0 amide bonds. The molecule has 0 unspecified atom stereocenters. The molecule has 3 aromatic rings. The van der Waals surface area contributed by atoms with E-state index in [0.29, 0.717) is 0 Å². The van der Waals surface area contributed by atoms with Gasteiger partial charge in [0.1, 0.15) is 6.61 Å². The Morgan fingerprint density at radius 1 is 1.11 bits per heavy atom. The lowest BCUT2D eigenvalue weighted by Gasteiger charge is -2.20. The van der Waals surface area contributed by atoms with Gasteiger partial charge in [-0.2, -0.15) is 18.3 Å². The van der Waals surface area contributed by atoms with Gasteiger partial charge in [-0.3, -0.25) is 0 Å². The van der Waals surface area contributed by atoms with Gasteiger partial charge in [0, 0.05) is 11.1 Å². The summed E-state index contributed by atoms with van der Waals surface area (Å²) in [6.07, 6.45) is -4.76. The summed E-state index contributed by atoms with van der Waals surface area (Å²) in [5.41, 5.74) is -1.11. The fraction of sp³-hybridized carbons (Fsp3) is 0.118. The summed E-state index contributed by atoms with van der Waals surface area (Å²) in [6, 6.07) is 8.74. The summed E-state index contributed by atoms with van der Waals surface area (Å²) in [5, 5.41) is 8.70. The minimum Gasteiger partial charge on any atom is -0.485 e. The lowest BCUT2D eigenvalue weighted by Crippen LogP contribution is -2.13. The van der Waals surface area contributed by atoms with E-state index >= 15 is 0 Å². The van der Waals surface area contributed by atoms with Crippen molar-refractivity contribution in [3.8, 4) is 22.7 Å². The summed E-state index contributed by atoms with van der Waals surface area (Å²) in [5.74, 6) is -0.889. The third kappa shape index (κ3) is 2.92. The van der Waals surface area contributed by atoms with Crippen LogP contribution in [0, 0.1) is 5.82 Å². The Labute approximate surface area is 156 Å². The van der Waals surface area contributed by atoms with Crippen molar-refractivity contribution in [1.82, 2.24) is 9.78 Å². The van der Waals surface area contributed by atoms with Crippen molar-refractivity contribution in [2.45, 2.75) is 17.7 Å². The highest BCUT2D eigenvalue weighted by molar-refractivity contribution is 7.89. The number of nitrogens with two attached hydrogens (primary N) is 1. The number of hydrogen-bond acceptors (Lipinski definition) is 4. The van der Waals surface area contributed by atoms with E-state index in [9.17, 15) is 26.0 Å². The Bertz CT molecular complexity index is 1190. The Morgan fingerprint density at radius 3 is 2.39 bits per heavy atom. The third-order valence-corrected chi connectivity index (χ3v) is 5.17. The molecule has 6 nitrogen and oxygen atoms in total. The number of sulfonamides is 1. The predicted molar refractivity (Wildman–Crippen MR) is 89.7 cm³/mol. The number of para-hydroxylation sites is 1. The fourth-order valence-electron chi connectivity index (χ4n) is 3.04. The molecule has 2 heterocycles. The monoisotopic (exact) mass is 413 g/mol. The zero-order chi connectivity index (χ0) is 20.3. The first-order chi connectivity index (χ1) is 13.1. The number of rotatable bonds is 2. The molecule has 146 valence electrons. The highest BCUT2D eigenvalue weighted by Crippen LogP contribution is 2.44. The summed E-state index contributed by atoms with van der Waals surface area (Å²) in [7, 11) is -3.97. The summed E-state index contributed by atoms with van der Waals surface area (Å²) in [6.45, 7) is -0.507. The van der Waals surface area contributed by atoms with Gasteiger partial charge in [0.05, 0.1) is 16.3 Å². The number of primary sulfonamides is 1. The summed E-state index contributed by atoms with van der Waals surface area (Å²) < 4.78 is 83.5. The van der Waals surface area contributed by atoms with Gasteiger partial charge in [0.15, 0.2) is 17.3 Å². The quantitative estimate of drug-likeness (QED) is 0.654. The maximum atomic E-state index is 14.1. The van der Waals surface area contributed by atoms with Gasteiger partial charge in [0.2, 0.25) is 10.0 Å². The van der Waals surface area contributed by atoms with Crippen LogP contribution < -0.4 is 9.88 Å². The van der Waals surface area contributed by atoms with Crippen LogP contribution in [-0.4, -0.2) is 18.2 Å². The van der Waals surface area contributed by atoms with Gasteiger partial charge >= 0.3 is 6.18 Å². The molecule has 0 fully saturated rings. The zero-order valence-corrected chi connectivity index (χ0v) is 14.7. The molecule has 2 N–H and O–H groups in total. The number of benzene rings is 2. The molecule has 0 bridgehead atoms. The van der Waals surface area contributed by atoms with E-state index in [1.807, 2.05) is 0 Å². The Balaban J connectivity index is 1.98. The van der Waals surface area contributed by atoms with Gasteiger partial charge in [-0.05, 0) is 36.4 Å². The fourth-order valence-corrected chi connectivity index (χ4v) is 3.56. The second-order valence-corrected chi connectivity index (χ2v) is 7.59. The van der Waals surface area contributed by atoms with Crippen molar-refractivity contribution >= 4 is 10.0 Å². The molecule has 11 heteroatoms. The molecule has 0 aliphatic carbocycles. The first kappa shape index (κ1) is 18.4. The van der Waals surface area contributed by atoms with Gasteiger partial charge in [-0.1, -0.05) is 6.07 Å². The standard InChI is InChI=1S/C17H11F4N3O3S/c18-13-3-1-2-11-14-12(8-27-15(11)13)16(17(19,20)21)23-24(14)9-4-6-10(7-5-9)28(22,25)26/h1-7H,8H2,(H2,22,25,26). The average molecular weight is 413 g/mol. The highest BCUT2D eigenvalue weighted by atomic mass is 32.2. The van der Waals surface area contributed by atoms with E-state index in [2.05, 4.69) is 5.10 Å². The minimum atomic E-state index is -4.76. The SMILES string of the molecule is NS(=O)(=O)c1ccc(-n2nc(C(F)(F)F)c3c2-c2cccc(F)c2OC3)cc1. The Hall–Kier alpha value is -2.92. The van der Waals surface area contributed by atoms with Crippen LogP contribution in [0.4, 0.5) is 17.6 Å². The van der Waals surface area contributed by atoms with E-state index in [1.165, 1.54) is 24.3 Å². The number of ether oxygens (including phenoxy) is 1. The van der Waals surface area contributed by atoms with Crippen molar-refractivity contribution < 1.29 is 30.7 Å². The number of halogens is 4. The van der Waals surface area contributed by atoms with Crippen molar-refractivity contribution in [3.63, 3.8) is 0 Å². The smallest absolute Gasteiger partial charge is 0.435 e. The van der Waals surface area contributed by atoms with Crippen molar-refractivity contribution in [1.29, 1.82) is 0 Å². The van der Waals surface area contributed by atoms with E-state index in [-0.39, 0.29) is 33.2 Å². The lowest BCUT2D eigenvalue weighted by molar-refractivity contribution is -0.142. The van der Waals surface area contributed by atoms with Crippen LogP contribution in [0.3, 0.4) is 0 Å². The molecule has 0 radical (unpaired) electrons. The van der Waals surface area contributed by atoms with Crippen LogP contribution >= 0.6 is 0 Å². The molecule has 0 saturated heterocycles. The normalized spacial score (nSPS) is 13.6. The number of nitrogens with zero attached hydrogens (tertiary/aromatic N) is 2. The van der Waals surface area contributed by atoms with Crippen LogP contribution in [-0.2, 0) is 22.8 Å². The van der Waals surface area contributed by atoms with E-state index < -0.39 is 34.3 Å². The molecule has 1 aromatic heterocycles. The number of alkyl halides is 3. The largest absolute Gasteiger partial charge is 0.485 e. The van der Waals surface area contributed by atoms with Gasteiger partial charge in [-0.15, -0.1) is 0 Å². The van der Waals surface area contributed by atoms with Crippen LogP contribution in [0.15, 0.2) is 47.4 Å². The second kappa shape index (κ2) is 6.04. The Kier molecular flexibility index (Phi) is 3.98. The molecule has 0 spiro atoms. The Morgan fingerprint density at radius 2 is 1.79 bits per heavy atom. The van der Waals surface area contributed by atoms with E-state index in [0.717, 1.165) is 22.9 Å². The average Bonchev–Trinajstić information content (AvgIpc) is 3.02. The number of fused-ring (bicyclic) bond motifs is 3. The molecule has 1 aliphatic heterocycles. The molecule has 4 rings (SSSR count). The predicted octanol–water partition coefficient (Wildman–Crippen LogP) is 3.24. The molecule has 2 aromatic carbocycles. The molecule has 0 atom stereocenters. The van der Waals surface area contributed by atoms with Crippen LogP contribution in [0.1, 0.15) is 11.3 Å². The summed E-state index contributed by atoms with van der Waals surface area (Å²) in [4.78, 5) is -0.205. The van der Waals surface area contributed by atoms with Crippen molar-refractivity contribution in [2.75, 3.05) is 0 Å². The first-order valence-electron chi connectivity index (χ1n) is 7.81. The van der Waals surface area contributed by atoms with Crippen LogP contribution in [0.5, 0.6) is 5.75 Å². The van der Waals surface area contributed by atoms with E-state index in [4.69, 9.17) is 9.88 Å². The lowest BCUT2D eigenvalue weighted by atomic mass is 10.0. The topological polar surface area (TPSA) is 87.2 Å². The van der Waals surface area contributed by atoms with Crippen molar-refractivity contribution in [2.24, 2.45) is 5.14 Å². The third-order valence-electron chi connectivity index (χ3n) is 4.24. The zero-order valence-electron chi connectivity index (χ0n) is 13.9. The van der Waals surface area contributed by atoms with Gasteiger partial charge in [-0.25, -0.2) is 22.6 Å². The minimum absolute atomic E-state index is 0.0245. The van der Waals surface area contributed by atoms with Gasteiger partial charge in [0.25, 0.3) is 0 Å². The van der Waals surface area contributed by atoms with Crippen molar-refractivity contribution in [3.05, 3.63) is 59.5 Å². The van der Waals surface area contributed by atoms with Crippen LogP contribution in [0.2, 0.25) is 0 Å². The first-order valence-corrected chi connectivity index (χ1v) is 9.36.